The van der Waals surface area contributed by atoms with Crippen molar-refractivity contribution < 1.29 is 28.1 Å². The number of amides is 5. The van der Waals surface area contributed by atoms with Crippen molar-refractivity contribution in [3.63, 3.8) is 0 Å². The van der Waals surface area contributed by atoms with Crippen LogP contribution in [0.5, 0.6) is 0 Å². The first-order chi connectivity index (χ1) is 29.1. The van der Waals surface area contributed by atoms with Gasteiger partial charge in [-0.15, -0.1) is 10.2 Å². The third-order valence-electron chi connectivity index (χ3n) is 12.7. The molecular weight excluding hydrogens is 774 g/mol. The number of rotatable bonds is 10. The molecule has 316 valence electrons. The predicted molar refractivity (Wildman–Crippen MR) is 221 cm³/mol. The highest BCUT2D eigenvalue weighted by Gasteiger charge is 2.36. The van der Waals surface area contributed by atoms with Gasteiger partial charge < -0.3 is 40.1 Å². The number of hydrogen-bond donors (Lipinski definition) is 3. The van der Waals surface area contributed by atoms with Gasteiger partial charge in [0.05, 0.1) is 17.6 Å². The number of hydrogen-bond acceptors (Lipinski definition) is 14. The van der Waals surface area contributed by atoms with Crippen molar-refractivity contribution in [2.24, 2.45) is 11.7 Å². The van der Waals surface area contributed by atoms with Gasteiger partial charge in [0.25, 0.3) is 5.91 Å². The molecule has 18 nitrogen and oxygen atoms in total. The van der Waals surface area contributed by atoms with Gasteiger partial charge in [0.2, 0.25) is 17.8 Å². The van der Waals surface area contributed by atoms with E-state index < -0.39 is 17.6 Å². The molecular formula is C41H50FN13O5. The van der Waals surface area contributed by atoms with Gasteiger partial charge in [0, 0.05) is 108 Å². The van der Waals surface area contributed by atoms with E-state index in [0.29, 0.717) is 80.2 Å². The molecule has 9 rings (SSSR count). The topological polar surface area (TPSA) is 202 Å². The molecule has 0 bridgehead atoms. The van der Waals surface area contributed by atoms with Crippen molar-refractivity contribution in [3.05, 3.63) is 53.6 Å². The Morgan fingerprint density at radius 3 is 2.47 bits per heavy atom. The Balaban J connectivity index is 0.769. The normalized spacial score (nSPS) is 22.2. The molecule has 5 saturated heterocycles. The zero-order valence-electron chi connectivity index (χ0n) is 33.7. The van der Waals surface area contributed by atoms with Gasteiger partial charge in [0.15, 0.2) is 17.1 Å². The Kier molecular flexibility index (Phi) is 10.8. The molecule has 7 heterocycles. The number of primary amides is 1. The standard InChI is InChI=1S/C41H50FN13O5/c1-50-15-20-55(41(50)59)28-3-2-12-54(24-28)40-46-38(36(37(43)57)47-48-40)44-26-4-8-32(31(42)21-26)53-18-16-51(17-19-53)23-25-10-13-52(14-11-25)27-5-6-29-33(22-27)60-49-35(29)30-7-9-34(56)45-39(30)58/h4-6,8,21-22,25,28,30H,2-3,7,9-20,23-24H2,1H3,(H2,43,57)(H,44,46,48)(H,45,56,58)/t28-,30?/m1/s1. The summed E-state index contributed by atoms with van der Waals surface area (Å²) in [6, 6.07) is 10.9. The number of anilines is 5. The number of benzene rings is 2. The van der Waals surface area contributed by atoms with Crippen LogP contribution in [0.25, 0.3) is 11.0 Å². The minimum Gasteiger partial charge on any atom is -0.371 e. The number of likely N-dealkylation sites (N-methyl/N-ethyl adjacent to an activating group) is 1. The van der Waals surface area contributed by atoms with Crippen LogP contribution in [0.2, 0.25) is 0 Å². The van der Waals surface area contributed by atoms with Crippen LogP contribution in [-0.2, 0) is 9.59 Å². The first-order valence-electron chi connectivity index (χ1n) is 20.9. The van der Waals surface area contributed by atoms with Crippen LogP contribution in [-0.4, -0.2) is 144 Å². The zero-order chi connectivity index (χ0) is 41.5. The molecule has 5 aliphatic rings. The van der Waals surface area contributed by atoms with Gasteiger partial charge >= 0.3 is 6.03 Å². The fraction of sp³-hybridized carbons (Fsp3) is 0.512. The first kappa shape index (κ1) is 39.4. The SMILES string of the molecule is CN1CCN([C@@H]2CCCN(c3nnc(C(N)=O)c(Nc4ccc(N5CCN(CC6CCN(c7ccc8c(C9CCC(=O)NC9=O)noc8c7)CC6)CC5)c(F)c4)n3)C2)C1=O. The summed E-state index contributed by atoms with van der Waals surface area (Å²) in [7, 11) is 1.80. The lowest BCUT2D eigenvalue weighted by Gasteiger charge is -2.40. The number of fused-ring (bicyclic) bond motifs is 1. The van der Waals surface area contributed by atoms with Gasteiger partial charge in [-0.2, -0.15) is 4.98 Å². The third kappa shape index (κ3) is 7.97. The van der Waals surface area contributed by atoms with E-state index in [-0.39, 0.29) is 41.8 Å². The molecule has 2 atom stereocenters. The highest BCUT2D eigenvalue weighted by atomic mass is 19.1. The molecule has 4 N–H and O–H groups in total. The van der Waals surface area contributed by atoms with Crippen molar-refractivity contribution in [2.75, 3.05) is 99.1 Å². The summed E-state index contributed by atoms with van der Waals surface area (Å²) in [5.74, 6) is -1.31. The highest BCUT2D eigenvalue weighted by molar-refractivity contribution is 6.02. The largest absolute Gasteiger partial charge is 0.371 e. The number of carbonyl (C=O) groups is 4. The number of nitrogens with two attached hydrogens (primary N) is 1. The fourth-order valence-corrected chi connectivity index (χ4v) is 9.34. The first-order valence-corrected chi connectivity index (χ1v) is 20.9. The average molecular weight is 824 g/mol. The molecule has 5 amide bonds. The number of piperidine rings is 3. The summed E-state index contributed by atoms with van der Waals surface area (Å²) in [4.78, 5) is 66.1. The smallest absolute Gasteiger partial charge is 0.320 e. The Hall–Kier alpha value is -6.11. The van der Waals surface area contributed by atoms with E-state index in [2.05, 4.69) is 51.7 Å². The maximum absolute atomic E-state index is 15.7. The van der Waals surface area contributed by atoms with Gasteiger partial charge in [0.1, 0.15) is 11.5 Å². The van der Waals surface area contributed by atoms with Gasteiger partial charge in [-0.25, -0.2) is 9.18 Å². The van der Waals surface area contributed by atoms with E-state index in [4.69, 9.17) is 10.3 Å². The molecule has 5 fully saturated rings. The second-order valence-electron chi connectivity index (χ2n) is 16.6. The highest BCUT2D eigenvalue weighted by Crippen LogP contribution is 2.34. The van der Waals surface area contributed by atoms with Crippen molar-refractivity contribution in [3.8, 4) is 0 Å². The van der Waals surface area contributed by atoms with Gasteiger partial charge in [-0.3, -0.25) is 24.6 Å². The molecule has 0 saturated carbocycles. The maximum atomic E-state index is 15.7. The van der Waals surface area contributed by atoms with Crippen LogP contribution in [0.3, 0.4) is 0 Å². The predicted octanol–water partition coefficient (Wildman–Crippen LogP) is 2.89. The lowest BCUT2D eigenvalue weighted by Crippen LogP contribution is -2.49. The Bertz CT molecular complexity index is 2290. The lowest BCUT2D eigenvalue weighted by molar-refractivity contribution is -0.134. The molecule has 4 aromatic rings. The molecule has 19 heteroatoms. The number of halogens is 1. The summed E-state index contributed by atoms with van der Waals surface area (Å²) < 4.78 is 21.4. The maximum Gasteiger partial charge on any atom is 0.320 e. The van der Waals surface area contributed by atoms with E-state index in [9.17, 15) is 19.2 Å². The Morgan fingerprint density at radius 2 is 1.73 bits per heavy atom. The monoisotopic (exact) mass is 823 g/mol. The second kappa shape index (κ2) is 16.5. The molecule has 0 radical (unpaired) electrons. The fourth-order valence-electron chi connectivity index (χ4n) is 9.34. The number of piperazine rings is 1. The molecule has 60 heavy (non-hydrogen) atoms. The molecule has 0 aliphatic carbocycles. The summed E-state index contributed by atoms with van der Waals surface area (Å²) >= 11 is 0. The second-order valence-corrected chi connectivity index (χ2v) is 16.6. The van der Waals surface area contributed by atoms with E-state index in [1.165, 1.54) is 6.07 Å². The van der Waals surface area contributed by atoms with E-state index >= 15 is 4.39 Å². The van der Waals surface area contributed by atoms with Gasteiger partial charge in [-0.1, -0.05) is 5.16 Å². The molecule has 2 aromatic carbocycles. The number of imide groups is 1. The third-order valence-corrected chi connectivity index (χ3v) is 12.7. The number of aromatic nitrogens is 4. The van der Waals surface area contributed by atoms with E-state index in [1.54, 1.807) is 24.1 Å². The summed E-state index contributed by atoms with van der Waals surface area (Å²) in [5.41, 5.74) is 8.68. The van der Waals surface area contributed by atoms with Crippen LogP contribution >= 0.6 is 0 Å². The minimum absolute atomic E-state index is 0.00912. The number of urea groups is 1. The summed E-state index contributed by atoms with van der Waals surface area (Å²) in [6.07, 6.45) is 4.53. The number of nitrogens with one attached hydrogen (secondary N) is 2. The Labute approximate surface area is 346 Å². The Morgan fingerprint density at radius 1 is 0.917 bits per heavy atom. The van der Waals surface area contributed by atoms with Crippen molar-refractivity contribution in [1.82, 2.24) is 40.4 Å². The van der Waals surface area contributed by atoms with Crippen molar-refractivity contribution in [1.29, 1.82) is 0 Å². The van der Waals surface area contributed by atoms with Crippen molar-refractivity contribution >= 4 is 63.6 Å². The van der Waals surface area contributed by atoms with E-state index in [1.807, 2.05) is 21.9 Å². The van der Waals surface area contributed by atoms with E-state index in [0.717, 1.165) is 69.5 Å². The number of nitrogens with zero attached hydrogens (tertiary/aromatic N) is 10. The minimum atomic E-state index is -0.806. The van der Waals surface area contributed by atoms with Crippen LogP contribution < -0.4 is 31.1 Å². The molecule has 2 aromatic heterocycles. The summed E-state index contributed by atoms with van der Waals surface area (Å²) in [6.45, 7) is 8.44. The van der Waals surface area contributed by atoms with Crippen LogP contribution in [0.1, 0.15) is 60.6 Å². The van der Waals surface area contributed by atoms with Crippen LogP contribution in [0.4, 0.5) is 38.0 Å². The molecule has 0 spiro atoms. The lowest BCUT2D eigenvalue weighted by atomic mass is 9.92. The average Bonchev–Trinajstić information content (AvgIpc) is 3.83. The van der Waals surface area contributed by atoms with Gasteiger partial charge in [-0.05, 0) is 68.4 Å². The molecule has 5 aliphatic heterocycles. The van der Waals surface area contributed by atoms with Crippen LogP contribution in [0.15, 0.2) is 40.9 Å². The quantitative estimate of drug-likeness (QED) is 0.197. The summed E-state index contributed by atoms with van der Waals surface area (Å²) in [5, 5.41) is 18.8. The number of carbonyl (C=O) groups excluding carboxylic acids is 4. The molecule has 1 unspecified atom stereocenters. The zero-order valence-corrected chi connectivity index (χ0v) is 33.7. The van der Waals surface area contributed by atoms with Crippen molar-refractivity contribution in [2.45, 2.75) is 50.5 Å². The van der Waals surface area contributed by atoms with Crippen LogP contribution in [0, 0.1) is 11.7 Å².